The highest BCUT2D eigenvalue weighted by Crippen LogP contribution is 2.31. The van der Waals surface area contributed by atoms with E-state index in [1.54, 1.807) is 21.0 Å². The highest BCUT2D eigenvalue weighted by Gasteiger charge is 2.40. The minimum absolute atomic E-state index is 0.0135. The number of nitrogens with two attached hydrogens (primary N) is 1. The van der Waals surface area contributed by atoms with Crippen LogP contribution >= 0.6 is 12.2 Å². The van der Waals surface area contributed by atoms with Crippen molar-refractivity contribution in [3.8, 4) is 0 Å². The molecule has 92 valence electrons. The Labute approximate surface area is 102 Å². The van der Waals surface area contributed by atoms with Crippen LogP contribution < -0.4 is 5.73 Å². The average Bonchev–Trinajstić information content (AvgIpc) is 3.01. The lowest BCUT2D eigenvalue weighted by Crippen LogP contribution is -2.49. The van der Waals surface area contributed by atoms with E-state index in [4.69, 9.17) is 22.7 Å². The molecular formula is C11H20N2O2S. The van der Waals surface area contributed by atoms with E-state index >= 15 is 0 Å². The number of hydrogen-bond donors (Lipinski definition) is 1. The summed E-state index contributed by atoms with van der Waals surface area (Å²) in [6, 6.07) is 0.358. The number of ether oxygens (including phenoxy) is 1. The maximum Gasteiger partial charge on any atom is 0.235 e. The summed E-state index contributed by atoms with van der Waals surface area (Å²) in [5.41, 5.74) is 4.85. The summed E-state index contributed by atoms with van der Waals surface area (Å²) in [6.07, 6.45) is 2.14. The Morgan fingerprint density at radius 3 is 2.50 bits per heavy atom. The molecule has 1 rings (SSSR count). The first-order valence-corrected chi connectivity index (χ1v) is 5.92. The fourth-order valence-corrected chi connectivity index (χ4v) is 1.58. The average molecular weight is 244 g/mol. The molecule has 1 aliphatic rings. The Morgan fingerprint density at radius 2 is 2.12 bits per heavy atom. The first-order valence-electron chi connectivity index (χ1n) is 5.51. The molecule has 0 aromatic heterocycles. The van der Waals surface area contributed by atoms with Crippen molar-refractivity contribution in [1.82, 2.24) is 4.90 Å². The van der Waals surface area contributed by atoms with Crippen LogP contribution in [0.15, 0.2) is 0 Å². The predicted molar refractivity (Wildman–Crippen MR) is 67.2 cm³/mol. The Hall–Kier alpha value is -0.680. The van der Waals surface area contributed by atoms with Crippen molar-refractivity contribution < 1.29 is 9.53 Å². The molecule has 16 heavy (non-hydrogen) atoms. The molecule has 2 N–H and O–H groups in total. The van der Waals surface area contributed by atoms with Gasteiger partial charge in [-0.05, 0) is 26.7 Å². The smallest absolute Gasteiger partial charge is 0.235 e. The van der Waals surface area contributed by atoms with Gasteiger partial charge in [0.2, 0.25) is 5.91 Å². The fraction of sp³-hybridized carbons (Fsp3) is 0.818. The van der Waals surface area contributed by atoms with Crippen molar-refractivity contribution >= 4 is 23.1 Å². The third-order valence-electron chi connectivity index (χ3n) is 2.94. The topological polar surface area (TPSA) is 55.6 Å². The molecule has 5 heteroatoms. The van der Waals surface area contributed by atoms with Crippen LogP contribution in [-0.2, 0) is 9.53 Å². The predicted octanol–water partition coefficient (Wildman–Crippen LogP) is 0.936. The number of carbonyl (C=O) groups is 1. The van der Waals surface area contributed by atoms with Crippen LogP contribution in [-0.4, -0.2) is 42.1 Å². The minimum Gasteiger partial charge on any atom is -0.392 e. The molecule has 0 radical (unpaired) electrons. The van der Waals surface area contributed by atoms with Gasteiger partial charge in [0.05, 0.1) is 17.0 Å². The maximum atomic E-state index is 12.3. The second-order valence-corrected chi connectivity index (χ2v) is 5.15. The molecule has 0 heterocycles. The molecule has 0 aromatic carbocycles. The largest absolute Gasteiger partial charge is 0.392 e. The van der Waals surface area contributed by atoms with Gasteiger partial charge in [0.25, 0.3) is 0 Å². The first-order chi connectivity index (χ1) is 7.41. The number of nitrogens with zero attached hydrogens (tertiary/aromatic N) is 1. The summed E-state index contributed by atoms with van der Waals surface area (Å²) in [6.45, 7) is 4.72. The van der Waals surface area contributed by atoms with Crippen LogP contribution in [0.1, 0.15) is 26.7 Å². The minimum atomic E-state index is -0.758. The number of amides is 1. The lowest BCUT2D eigenvalue weighted by Gasteiger charge is -2.31. The van der Waals surface area contributed by atoms with Crippen LogP contribution in [0.2, 0.25) is 0 Å². The Balaban J connectivity index is 2.70. The monoisotopic (exact) mass is 244 g/mol. The number of carbonyl (C=O) groups excluding carboxylic acids is 1. The van der Waals surface area contributed by atoms with Crippen molar-refractivity contribution in [3.63, 3.8) is 0 Å². The zero-order chi connectivity index (χ0) is 12.3. The van der Waals surface area contributed by atoms with Crippen LogP contribution in [0, 0.1) is 5.41 Å². The van der Waals surface area contributed by atoms with E-state index in [0.29, 0.717) is 19.2 Å². The van der Waals surface area contributed by atoms with E-state index in [1.807, 2.05) is 4.90 Å². The van der Waals surface area contributed by atoms with Gasteiger partial charge in [-0.1, -0.05) is 12.2 Å². The van der Waals surface area contributed by atoms with Gasteiger partial charge in [0.1, 0.15) is 0 Å². The van der Waals surface area contributed by atoms with Crippen LogP contribution in [0.3, 0.4) is 0 Å². The van der Waals surface area contributed by atoms with E-state index in [-0.39, 0.29) is 10.9 Å². The van der Waals surface area contributed by atoms with E-state index < -0.39 is 5.41 Å². The lowest BCUT2D eigenvalue weighted by molar-refractivity contribution is -0.138. The van der Waals surface area contributed by atoms with E-state index in [2.05, 4.69) is 0 Å². The van der Waals surface area contributed by atoms with Crippen molar-refractivity contribution in [2.45, 2.75) is 32.7 Å². The third kappa shape index (κ3) is 2.92. The number of rotatable bonds is 6. The van der Waals surface area contributed by atoms with Crippen LogP contribution in [0.4, 0.5) is 0 Å². The summed E-state index contributed by atoms with van der Waals surface area (Å²) >= 11 is 4.95. The van der Waals surface area contributed by atoms with Crippen LogP contribution in [0.25, 0.3) is 0 Å². The highest BCUT2D eigenvalue weighted by molar-refractivity contribution is 7.80. The third-order valence-corrected chi connectivity index (χ3v) is 3.45. The van der Waals surface area contributed by atoms with Gasteiger partial charge in [-0.2, -0.15) is 0 Å². The van der Waals surface area contributed by atoms with Crippen molar-refractivity contribution in [2.24, 2.45) is 11.1 Å². The molecule has 1 amide bonds. The quantitative estimate of drug-likeness (QED) is 0.706. The van der Waals surface area contributed by atoms with Crippen molar-refractivity contribution in [3.05, 3.63) is 0 Å². The molecule has 0 spiro atoms. The molecule has 0 bridgehead atoms. The molecule has 0 aromatic rings. The SMILES string of the molecule is COCCN(C(=O)C(C)(C)C(N)=S)C1CC1. The van der Waals surface area contributed by atoms with Gasteiger partial charge in [0, 0.05) is 19.7 Å². The number of thiocarbonyl (C=S) groups is 1. The molecule has 1 aliphatic carbocycles. The Kier molecular flexibility index (Phi) is 4.27. The van der Waals surface area contributed by atoms with Gasteiger partial charge in [0.15, 0.2) is 0 Å². The Bertz CT molecular complexity index is 288. The summed E-state index contributed by atoms with van der Waals surface area (Å²) < 4.78 is 5.02. The molecule has 0 saturated heterocycles. The second-order valence-electron chi connectivity index (χ2n) is 4.71. The number of methoxy groups -OCH3 is 1. The first kappa shape index (κ1) is 13.4. The zero-order valence-corrected chi connectivity index (χ0v) is 11.0. The van der Waals surface area contributed by atoms with Crippen LogP contribution in [0.5, 0.6) is 0 Å². The highest BCUT2D eigenvalue weighted by atomic mass is 32.1. The molecule has 1 saturated carbocycles. The Morgan fingerprint density at radius 1 is 1.56 bits per heavy atom. The van der Waals surface area contributed by atoms with Gasteiger partial charge >= 0.3 is 0 Å². The normalized spacial score (nSPS) is 15.9. The molecule has 0 aliphatic heterocycles. The van der Waals surface area contributed by atoms with Crippen molar-refractivity contribution in [2.75, 3.05) is 20.3 Å². The molecule has 0 atom stereocenters. The lowest BCUT2D eigenvalue weighted by atomic mass is 9.91. The van der Waals surface area contributed by atoms with E-state index in [1.165, 1.54) is 0 Å². The maximum absolute atomic E-state index is 12.3. The summed E-state index contributed by atoms with van der Waals surface area (Å²) in [7, 11) is 1.63. The van der Waals surface area contributed by atoms with E-state index in [0.717, 1.165) is 12.8 Å². The fourth-order valence-electron chi connectivity index (χ4n) is 1.49. The van der Waals surface area contributed by atoms with Gasteiger partial charge in [-0.15, -0.1) is 0 Å². The number of hydrogen-bond acceptors (Lipinski definition) is 3. The van der Waals surface area contributed by atoms with Gasteiger partial charge < -0.3 is 15.4 Å². The standard InChI is InChI=1S/C11H20N2O2S/c1-11(2,9(12)16)10(14)13(6-7-15-3)8-4-5-8/h8H,4-7H2,1-3H3,(H2,12,16). The summed E-state index contributed by atoms with van der Waals surface area (Å²) in [5.74, 6) is 0.0135. The van der Waals surface area contributed by atoms with Gasteiger partial charge in [-0.25, -0.2) is 0 Å². The zero-order valence-electron chi connectivity index (χ0n) is 10.2. The second kappa shape index (κ2) is 5.10. The summed E-state index contributed by atoms with van der Waals surface area (Å²) in [4.78, 5) is 14.4. The van der Waals surface area contributed by atoms with Crippen molar-refractivity contribution in [1.29, 1.82) is 0 Å². The molecule has 1 fully saturated rings. The van der Waals surface area contributed by atoms with Gasteiger partial charge in [-0.3, -0.25) is 4.79 Å². The molecule has 0 unspecified atom stereocenters. The van der Waals surface area contributed by atoms with E-state index in [9.17, 15) is 4.79 Å². The molecule has 4 nitrogen and oxygen atoms in total. The molecular weight excluding hydrogens is 224 g/mol. The summed E-state index contributed by atoms with van der Waals surface area (Å²) in [5, 5.41) is 0.